The number of aliphatic hydroxyl groups excluding tert-OH is 1. The first kappa shape index (κ1) is 18.4. The summed E-state index contributed by atoms with van der Waals surface area (Å²) in [5, 5.41) is 9.56. The van der Waals surface area contributed by atoms with E-state index in [1.807, 2.05) is 13.8 Å². The molecule has 0 bridgehead atoms. The van der Waals surface area contributed by atoms with Crippen molar-refractivity contribution in [3.63, 3.8) is 0 Å². The van der Waals surface area contributed by atoms with E-state index < -0.39 is 10.0 Å². The van der Waals surface area contributed by atoms with Crippen molar-refractivity contribution < 1.29 is 13.5 Å². The number of aliphatic hydroxyl groups is 1. The van der Waals surface area contributed by atoms with Crippen molar-refractivity contribution in [1.29, 1.82) is 0 Å². The zero-order valence-corrected chi connectivity index (χ0v) is 14.3. The average Bonchev–Trinajstić information content (AvgIpc) is 2.45. The molecule has 0 saturated carbocycles. The van der Waals surface area contributed by atoms with Gasteiger partial charge in [0.2, 0.25) is 10.0 Å². The van der Waals surface area contributed by atoms with Gasteiger partial charge in [-0.05, 0) is 43.3 Å². The lowest BCUT2D eigenvalue weighted by Gasteiger charge is -2.18. The SMILES string of the molecule is CCN(CC)CCNS(=O)(=O)c1cc(Cl)cc(CO)c1C. The highest BCUT2D eigenvalue weighted by Crippen LogP contribution is 2.24. The molecule has 0 aliphatic rings. The molecule has 1 rings (SSSR count). The van der Waals surface area contributed by atoms with E-state index in [0.29, 0.717) is 29.2 Å². The van der Waals surface area contributed by atoms with Crippen molar-refractivity contribution in [2.75, 3.05) is 26.2 Å². The van der Waals surface area contributed by atoms with Crippen LogP contribution in [0.1, 0.15) is 25.0 Å². The summed E-state index contributed by atoms with van der Waals surface area (Å²) in [6, 6.07) is 2.99. The van der Waals surface area contributed by atoms with E-state index in [1.165, 1.54) is 6.07 Å². The minimum atomic E-state index is -3.63. The van der Waals surface area contributed by atoms with Crippen LogP contribution in [0.2, 0.25) is 5.02 Å². The fourth-order valence-electron chi connectivity index (χ4n) is 2.11. The number of likely N-dealkylation sites (N-methyl/N-ethyl adjacent to an activating group) is 1. The minimum absolute atomic E-state index is 0.124. The monoisotopic (exact) mass is 334 g/mol. The van der Waals surface area contributed by atoms with E-state index >= 15 is 0 Å². The molecule has 5 nitrogen and oxygen atoms in total. The minimum Gasteiger partial charge on any atom is -0.392 e. The molecule has 0 spiro atoms. The molecule has 1 aromatic carbocycles. The van der Waals surface area contributed by atoms with Crippen molar-refractivity contribution in [1.82, 2.24) is 9.62 Å². The lowest BCUT2D eigenvalue weighted by atomic mass is 10.1. The highest BCUT2D eigenvalue weighted by Gasteiger charge is 2.19. The Morgan fingerprint density at radius 3 is 2.43 bits per heavy atom. The van der Waals surface area contributed by atoms with E-state index in [4.69, 9.17) is 11.6 Å². The van der Waals surface area contributed by atoms with Gasteiger partial charge in [-0.25, -0.2) is 13.1 Å². The molecule has 0 fully saturated rings. The Bertz CT molecular complexity index is 572. The first-order chi connectivity index (χ1) is 9.85. The van der Waals surface area contributed by atoms with E-state index in [1.54, 1.807) is 13.0 Å². The van der Waals surface area contributed by atoms with Crippen LogP contribution in [0.3, 0.4) is 0 Å². The molecule has 0 atom stereocenters. The third kappa shape index (κ3) is 4.93. The van der Waals surface area contributed by atoms with Crippen molar-refractivity contribution in [3.8, 4) is 0 Å². The molecule has 0 heterocycles. The Morgan fingerprint density at radius 1 is 1.29 bits per heavy atom. The van der Waals surface area contributed by atoms with Gasteiger partial charge in [0, 0.05) is 18.1 Å². The number of hydrogen-bond donors (Lipinski definition) is 2. The van der Waals surface area contributed by atoms with E-state index in [-0.39, 0.29) is 11.5 Å². The maximum Gasteiger partial charge on any atom is 0.240 e. The van der Waals surface area contributed by atoms with Crippen LogP contribution in [0, 0.1) is 6.92 Å². The summed E-state index contributed by atoms with van der Waals surface area (Å²) < 4.78 is 27.3. The standard InChI is InChI=1S/C14H23ClN2O3S/c1-4-17(5-2)7-6-16-21(19,20)14-9-13(15)8-12(10-18)11(14)3/h8-9,16,18H,4-7,10H2,1-3H3. The quantitative estimate of drug-likeness (QED) is 0.760. The van der Waals surface area contributed by atoms with Gasteiger partial charge in [0.05, 0.1) is 11.5 Å². The number of nitrogens with zero attached hydrogens (tertiary/aromatic N) is 1. The Hall–Kier alpha value is -0.660. The first-order valence-corrected chi connectivity index (χ1v) is 8.83. The molecule has 1 aromatic rings. The summed E-state index contributed by atoms with van der Waals surface area (Å²) in [7, 11) is -3.63. The predicted octanol–water partition coefficient (Wildman–Crippen LogP) is 1.76. The molecular formula is C14H23ClN2O3S. The third-order valence-corrected chi connectivity index (χ3v) is 5.31. The largest absolute Gasteiger partial charge is 0.392 e. The van der Waals surface area contributed by atoms with Gasteiger partial charge in [-0.15, -0.1) is 0 Å². The summed E-state index contributed by atoms with van der Waals surface area (Å²) in [5.41, 5.74) is 1.05. The lowest BCUT2D eigenvalue weighted by Crippen LogP contribution is -2.35. The summed E-state index contributed by atoms with van der Waals surface area (Å²) in [5.74, 6) is 0. The van der Waals surface area contributed by atoms with Gasteiger partial charge in [0.15, 0.2) is 0 Å². The predicted molar refractivity (Wildman–Crippen MR) is 85.1 cm³/mol. The second kappa shape index (κ2) is 8.10. The molecule has 0 unspecified atom stereocenters. The Kier molecular flexibility index (Phi) is 7.09. The molecule has 0 aliphatic heterocycles. The first-order valence-electron chi connectivity index (χ1n) is 6.97. The molecular weight excluding hydrogens is 312 g/mol. The number of hydrogen-bond acceptors (Lipinski definition) is 4. The van der Waals surface area contributed by atoms with Crippen LogP contribution in [-0.4, -0.2) is 44.6 Å². The molecule has 21 heavy (non-hydrogen) atoms. The molecule has 0 saturated heterocycles. The normalized spacial score (nSPS) is 12.1. The highest BCUT2D eigenvalue weighted by molar-refractivity contribution is 7.89. The van der Waals surface area contributed by atoms with Gasteiger partial charge in [-0.2, -0.15) is 0 Å². The zero-order valence-electron chi connectivity index (χ0n) is 12.7. The molecule has 0 radical (unpaired) electrons. The highest BCUT2D eigenvalue weighted by atomic mass is 35.5. The molecule has 0 aromatic heterocycles. The van der Waals surface area contributed by atoms with Crippen LogP contribution in [-0.2, 0) is 16.6 Å². The van der Waals surface area contributed by atoms with Crippen LogP contribution in [0.4, 0.5) is 0 Å². The molecule has 0 aliphatic carbocycles. The summed E-state index contributed by atoms with van der Waals surface area (Å²) in [6.45, 7) is 8.24. The Labute approximate surface area is 132 Å². The smallest absolute Gasteiger partial charge is 0.240 e. The third-order valence-electron chi connectivity index (χ3n) is 3.51. The van der Waals surface area contributed by atoms with Crippen LogP contribution in [0.25, 0.3) is 0 Å². The fraction of sp³-hybridized carbons (Fsp3) is 0.571. The van der Waals surface area contributed by atoms with Crippen LogP contribution in [0.5, 0.6) is 0 Å². The lowest BCUT2D eigenvalue weighted by molar-refractivity contribution is 0.280. The van der Waals surface area contributed by atoms with Gasteiger partial charge in [0.25, 0.3) is 0 Å². The molecule has 2 N–H and O–H groups in total. The van der Waals surface area contributed by atoms with Crippen LogP contribution >= 0.6 is 11.6 Å². The summed E-state index contributed by atoms with van der Waals surface area (Å²) >= 11 is 5.92. The second-order valence-corrected chi connectivity index (χ2v) is 6.94. The number of halogens is 1. The number of rotatable bonds is 8. The van der Waals surface area contributed by atoms with Crippen molar-refractivity contribution in [2.24, 2.45) is 0 Å². The van der Waals surface area contributed by atoms with E-state index in [2.05, 4.69) is 9.62 Å². The molecule has 120 valence electrons. The zero-order chi connectivity index (χ0) is 16.0. The Balaban J connectivity index is 2.91. The number of benzene rings is 1. The summed E-state index contributed by atoms with van der Waals surface area (Å²) in [6.07, 6.45) is 0. The topological polar surface area (TPSA) is 69.6 Å². The second-order valence-electron chi connectivity index (χ2n) is 4.77. The van der Waals surface area contributed by atoms with Gasteiger partial charge in [0.1, 0.15) is 0 Å². The van der Waals surface area contributed by atoms with Crippen LogP contribution < -0.4 is 4.72 Å². The fourth-order valence-corrected chi connectivity index (χ4v) is 3.74. The van der Waals surface area contributed by atoms with Crippen molar-refractivity contribution in [2.45, 2.75) is 32.3 Å². The summed E-state index contributed by atoms with van der Waals surface area (Å²) in [4.78, 5) is 2.26. The average molecular weight is 335 g/mol. The van der Waals surface area contributed by atoms with Gasteiger partial charge < -0.3 is 10.0 Å². The van der Waals surface area contributed by atoms with Crippen molar-refractivity contribution in [3.05, 3.63) is 28.3 Å². The van der Waals surface area contributed by atoms with Crippen LogP contribution in [0.15, 0.2) is 17.0 Å². The number of nitrogens with one attached hydrogen (secondary N) is 1. The van der Waals surface area contributed by atoms with E-state index in [0.717, 1.165) is 13.1 Å². The van der Waals surface area contributed by atoms with Gasteiger partial charge in [-0.3, -0.25) is 0 Å². The Morgan fingerprint density at radius 2 is 1.90 bits per heavy atom. The maximum absolute atomic E-state index is 12.4. The van der Waals surface area contributed by atoms with Crippen molar-refractivity contribution >= 4 is 21.6 Å². The molecule has 7 heteroatoms. The van der Waals surface area contributed by atoms with Gasteiger partial charge in [-0.1, -0.05) is 25.4 Å². The number of sulfonamides is 1. The molecule has 0 amide bonds. The van der Waals surface area contributed by atoms with E-state index in [9.17, 15) is 13.5 Å². The van der Waals surface area contributed by atoms with Gasteiger partial charge >= 0.3 is 0 Å². The maximum atomic E-state index is 12.4.